The summed E-state index contributed by atoms with van der Waals surface area (Å²) in [5, 5.41) is 2.30. The van der Waals surface area contributed by atoms with Crippen molar-refractivity contribution in [1.29, 1.82) is 0 Å². The van der Waals surface area contributed by atoms with Crippen LogP contribution in [0.3, 0.4) is 0 Å². The summed E-state index contributed by atoms with van der Waals surface area (Å²) < 4.78 is 0. The maximum Gasteiger partial charge on any atom is 0.230 e. The minimum Gasteiger partial charge on any atom is -0.299 e. The second-order valence-electron chi connectivity index (χ2n) is 4.55. The lowest BCUT2D eigenvalue weighted by Gasteiger charge is -2.29. The SMILES string of the molecule is CC1CC=CC(C2CCC(=O)NC2=O)C1=O. The molecule has 0 aromatic carbocycles. The van der Waals surface area contributed by atoms with Gasteiger partial charge in [0, 0.05) is 18.3 Å². The third-order valence-corrected chi connectivity index (χ3v) is 3.36. The van der Waals surface area contributed by atoms with Crippen LogP contribution >= 0.6 is 0 Å². The van der Waals surface area contributed by atoms with Crippen LogP contribution in [0.25, 0.3) is 0 Å². The molecule has 2 aliphatic rings. The molecule has 16 heavy (non-hydrogen) atoms. The Morgan fingerprint density at radius 3 is 2.75 bits per heavy atom. The molecule has 4 heteroatoms. The first-order valence-electron chi connectivity index (χ1n) is 5.63. The minimum atomic E-state index is -0.357. The van der Waals surface area contributed by atoms with E-state index in [1.807, 2.05) is 19.1 Å². The number of hydrogen-bond donors (Lipinski definition) is 1. The van der Waals surface area contributed by atoms with Gasteiger partial charge in [-0.3, -0.25) is 19.7 Å². The average Bonchev–Trinajstić information content (AvgIpc) is 2.23. The number of allylic oxidation sites excluding steroid dienone is 2. The molecule has 0 spiro atoms. The highest BCUT2D eigenvalue weighted by atomic mass is 16.2. The molecule has 1 heterocycles. The summed E-state index contributed by atoms with van der Waals surface area (Å²) >= 11 is 0. The van der Waals surface area contributed by atoms with Crippen molar-refractivity contribution in [2.75, 3.05) is 0 Å². The maximum absolute atomic E-state index is 11.9. The first kappa shape index (κ1) is 11.0. The molecule has 1 saturated heterocycles. The third-order valence-electron chi connectivity index (χ3n) is 3.36. The van der Waals surface area contributed by atoms with Crippen molar-refractivity contribution >= 4 is 17.6 Å². The van der Waals surface area contributed by atoms with Crippen molar-refractivity contribution in [1.82, 2.24) is 5.32 Å². The van der Waals surface area contributed by atoms with Gasteiger partial charge in [0.2, 0.25) is 11.8 Å². The zero-order valence-electron chi connectivity index (χ0n) is 9.23. The van der Waals surface area contributed by atoms with E-state index in [9.17, 15) is 14.4 Å². The molecule has 0 saturated carbocycles. The van der Waals surface area contributed by atoms with Gasteiger partial charge in [-0.1, -0.05) is 19.1 Å². The predicted octanol–water partition coefficient (Wildman–Crippen LogP) is 0.820. The van der Waals surface area contributed by atoms with E-state index in [-0.39, 0.29) is 35.4 Å². The molecular weight excluding hydrogens is 206 g/mol. The molecule has 3 unspecified atom stereocenters. The highest BCUT2D eigenvalue weighted by Crippen LogP contribution is 2.30. The second-order valence-corrected chi connectivity index (χ2v) is 4.55. The van der Waals surface area contributed by atoms with Gasteiger partial charge in [0.1, 0.15) is 5.78 Å². The summed E-state index contributed by atoms with van der Waals surface area (Å²) in [4.78, 5) is 34.6. The fourth-order valence-corrected chi connectivity index (χ4v) is 2.35. The molecule has 3 atom stereocenters. The van der Waals surface area contributed by atoms with Gasteiger partial charge < -0.3 is 0 Å². The second kappa shape index (κ2) is 4.20. The molecule has 4 nitrogen and oxygen atoms in total. The third kappa shape index (κ3) is 1.92. The van der Waals surface area contributed by atoms with Crippen molar-refractivity contribution in [3.05, 3.63) is 12.2 Å². The lowest BCUT2D eigenvalue weighted by atomic mass is 9.76. The molecule has 0 bridgehead atoms. The van der Waals surface area contributed by atoms with E-state index < -0.39 is 0 Å². The van der Waals surface area contributed by atoms with Gasteiger partial charge in [-0.05, 0) is 12.8 Å². The Morgan fingerprint density at radius 2 is 2.06 bits per heavy atom. The molecule has 2 rings (SSSR count). The lowest BCUT2D eigenvalue weighted by Crippen LogP contribution is -2.46. The molecule has 86 valence electrons. The molecule has 1 N–H and O–H groups in total. The van der Waals surface area contributed by atoms with Gasteiger partial charge in [0.05, 0.1) is 5.92 Å². The van der Waals surface area contributed by atoms with Crippen molar-refractivity contribution in [3.63, 3.8) is 0 Å². The smallest absolute Gasteiger partial charge is 0.230 e. The maximum atomic E-state index is 11.9. The van der Waals surface area contributed by atoms with E-state index in [1.54, 1.807) is 0 Å². The molecule has 1 aliphatic carbocycles. The van der Waals surface area contributed by atoms with Crippen LogP contribution < -0.4 is 5.32 Å². The standard InChI is InChI=1S/C12H15NO3/c1-7-3-2-4-8(11(7)15)9-5-6-10(14)13-12(9)16/h2,4,7-9H,3,5-6H2,1H3,(H,13,14,16). The van der Waals surface area contributed by atoms with Crippen molar-refractivity contribution in [2.24, 2.45) is 17.8 Å². The van der Waals surface area contributed by atoms with Gasteiger partial charge in [0.15, 0.2) is 0 Å². The predicted molar refractivity (Wildman–Crippen MR) is 57.3 cm³/mol. The van der Waals surface area contributed by atoms with Crippen LogP contribution in [-0.2, 0) is 14.4 Å². The minimum absolute atomic E-state index is 0.0135. The first-order chi connectivity index (χ1) is 7.59. The van der Waals surface area contributed by atoms with Crippen LogP contribution in [0.2, 0.25) is 0 Å². The highest BCUT2D eigenvalue weighted by Gasteiger charge is 2.38. The van der Waals surface area contributed by atoms with Gasteiger partial charge in [-0.15, -0.1) is 0 Å². The number of rotatable bonds is 1. The summed E-state index contributed by atoms with van der Waals surface area (Å²) in [6.07, 6.45) is 5.35. The van der Waals surface area contributed by atoms with E-state index >= 15 is 0 Å². The Kier molecular flexibility index (Phi) is 2.90. The number of nitrogens with one attached hydrogen (secondary N) is 1. The molecule has 0 aromatic rings. The largest absolute Gasteiger partial charge is 0.299 e. The normalized spacial score (nSPS) is 35.1. The zero-order valence-corrected chi connectivity index (χ0v) is 9.23. The van der Waals surface area contributed by atoms with Gasteiger partial charge in [0.25, 0.3) is 0 Å². The van der Waals surface area contributed by atoms with Gasteiger partial charge >= 0.3 is 0 Å². The Bertz CT molecular complexity index is 372. The van der Waals surface area contributed by atoms with Crippen LogP contribution in [0, 0.1) is 17.8 Å². The van der Waals surface area contributed by atoms with E-state index in [0.717, 1.165) is 6.42 Å². The molecule has 2 amide bonds. The first-order valence-corrected chi connectivity index (χ1v) is 5.63. The molecule has 1 fully saturated rings. The number of hydrogen-bond acceptors (Lipinski definition) is 3. The average molecular weight is 221 g/mol. The van der Waals surface area contributed by atoms with Crippen LogP contribution in [-0.4, -0.2) is 17.6 Å². The Morgan fingerprint density at radius 1 is 1.31 bits per heavy atom. The number of ketones is 1. The van der Waals surface area contributed by atoms with Crippen molar-refractivity contribution in [3.8, 4) is 0 Å². The van der Waals surface area contributed by atoms with E-state index in [0.29, 0.717) is 12.8 Å². The van der Waals surface area contributed by atoms with Crippen LogP contribution in [0.4, 0.5) is 0 Å². The van der Waals surface area contributed by atoms with Crippen molar-refractivity contribution < 1.29 is 14.4 Å². The zero-order chi connectivity index (χ0) is 11.7. The Labute approximate surface area is 94.1 Å². The van der Waals surface area contributed by atoms with Gasteiger partial charge in [-0.2, -0.15) is 0 Å². The van der Waals surface area contributed by atoms with Crippen molar-refractivity contribution in [2.45, 2.75) is 26.2 Å². The lowest BCUT2D eigenvalue weighted by molar-refractivity contribution is -0.141. The topological polar surface area (TPSA) is 63.2 Å². The molecular formula is C12H15NO3. The number of piperidine rings is 1. The van der Waals surface area contributed by atoms with E-state index in [2.05, 4.69) is 5.32 Å². The summed E-state index contributed by atoms with van der Waals surface area (Å²) in [6, 6.07) is 0. The van der Waals surface area contributed by atoms with Crippen LogP contribution in [0.5, 0.6) is 0 Å². The summed E-state index contributed by atoms with van der Waals surface area (Å²) in [5.74, 6) is -1.12. The van der Waals surface area contributed by atoms with Gasteiger partial charge in [-0.25, -0.2) is 0 Å². The Hall–Kier alpha value is -1.45. The molecule has 1 aliphatic heterocycles. The van der Waals surface area contributed by atoms with Crippen LogP contribution in [0.15, 0.2) is 12.2 Å². The number of Topliss-reactive ketones (excluding diaryl/α,β-unsaturated/α-hetero) is 1. The quantitative estimate of drug-likeness (QED) is 0.526. The number of carbonyl (C=O) groups is 3. The van der Waals surface area contributed by atoms with E-state index in [4.69, 9.17) is 0 Å². The number of carbonyl (C=O) groups excluding carboxylic acids is 3. The monoisotopic (exact) mass is 221 g/mol. The fourth-order valence-electron chi connectivity index (χ4n) is 2.35. The number of imide groups is 1. The van der Waals surface area contributed by atoms with E-state index in [1.165, 1.54) is 0 Å². The highest BCUT2D eigenvalue weighted by molar-refractivity contribution is 6.01. The molecule has 0 aromatic heterocycles. The fraction of sp³-hybridized carbons (Fsp3) is 0.583. The summed E-state index contributed by atoms with van der Waals surface area (Å²) in [5.41, 5.74) is 0. The van der Waals surface area contributed by atoms with Crippen LogP contribution in [0.1, 0.15) is 26.2 Å². The Balaban J connectivity index is 2.15. The summed E-state index contributed by atoms with van der Waals surface area (Å²) in [7, 11) is 0. The summed E-state index contributed by atoms with van der Waals surface area (Å²) in [6.45, 7) is 1.88. The molecule has 0 radical (unpaired) electrons. The number of amides is 2.